The zero-order chi connectivity index (χ0) is 18.4. The molecule has 2 bridgehead atoms. The molecule has 5 heteroatoms. The smallest absolute Gasteiger partial charge is 0.344 e. The fourth-order valence-corrected chi connectivity index (χ4v) is 4.62. The molecule has 2 aliphatic heterocycles. The summed E-state index contributed by atoms with van der Waals surface area (Å²) < 4.78 is 7.48. The summed E-state index contributed by atoms with van der Waals surface area (Å²) in [5, 5.41) is 0.885. The molecule has 0 spiro atoms. The third-order valence-electron chi connectivity index (χ3n) is 6.01. The van der Waals surface area contributed by atoms with E-state index in [1.165, 1.54) is 12.8 Å². The van der Waals surface area contributed by atoms with Gasteiger partial charge in [-0.25, -0.2) is 4.79 Å². The van der Waals surface area contributed by atoms with E-state index in [4.69, 9.17) is 4.74 Å². The lowest BCUT2D eigenvalue weighted by Crippen LogP contribution is -2.43. The average Bonchev–Trinajstić information content (AvgIpc) is 2.82. The molecular weight excluding hydrogens is 328 g/mol. The van der Waals surface area contributed by atoms with Gasteiger partial charge < -0.3 is 14.2 Å². The molecule has 2 fully saturated rings. The van der Waals surface area contributed by atoms with Crippen molar-refractivity contribution in [2.75, 3.05) is 7.05 Å². The van der Waals surface area contributed by atoms with Gasteiger partial charge in [-0.05, 0) is 51.3 Å². The molecule has 1 unspecified atom stereocenters. The van der Waals surface area contributed by atoms with Gasteiger partial charge in [-0.2, -0.15) is 0 Å². The van der Waals surface area contributed by atoms with Gasteiger partial charge in [-0.3, -0.25) is 4.79 Å². The number of carbonyl (C=O) groups excluding carboxylic acids is 1. The van der Waals surface area contributed by atoms with Gasteiger partial charge in [0.05, 0.1) is 5.52 Å². The summed E-state index contributed by atoms with van der Waals surface area (Å²) in [4.78, 5) is 28.2. The molecule has 0 aliphatic carbocycles. The van der Waals surface area contributed by atoms with E-state index in [1.807, 2.05) is 38.1 Å². The van der Waals surface area contributed by atoms with Gasteiger partial charge in [0.1, 0.15) is 11.7 Å². The van der Waals surface area contributed by atoms with Crippen LogP contribution in [0.3, 0.4) is 0 Å². The van der Waals surface area contributed by atoms with E-state index in [-0.39, 0.29) is 23.3 Å². The van der Waals surface area contributed by atoms with Gasteiger partial charge in [0.15, 0.2) is 0 Å². The van der Waals surface area contributed by atoms with E-state index in [2.05, 4.69) is 11.9 Å². The standard InChI is InChI=1S/C21H26N2O3/c1-13(2)23-19-7-5-4-6-14(19)10-18(20(23)24)21(25)26-17-11-15-8-9-16(12-17)22(15)3/h4-7,10,13,15-17H,8-9,11-12H2,1-3H3/t15-,16+,17?. The van der Waals surface area contributed by atoms with Crippen LogP contribution in [0.15, 0.2) is 35.1 Å². The van der Waals surface area contributed by atoms with Crippen molar-refractivity contribution < 1.29 is 9.53 Å². The van der Waals surface area contributed by atoms with Gasteiger partial charge in [-0.15, -0.1) is 0 Å². The Bertz CT molecular complexity index is 888. The normalized spacial score (nSPS) is 25.8. The van der Waals surface area contributed by atoms with E-state index >= 15 is 0 Å². The van der Waals surface area contributed by atoms with Crippen molar-refractivity contribution in [3.05, 3.63) is 46.2 Å². The molecule has 0 N–H and O–H groups in total. The van der Waals surface area contributed by atoms with Crippen molar-refractivity contribution in [1.82, 2.24) is 9.47 Å². The SMILES string of the molecule is CC(C)n1c(=O)c(C(=O)OC2C[C@H]3CC[C@@H](C2)N3C)cc2ccccc21. The molecule has 4 rings (SSSR count). The molecule has 0 amide bonds. The van der Waals surface area contributed by atoms with Crippen molar-refractivity contribution in [3.8, 4) is 0 Å². The number of esters is 1. The summed E-state index contributed by atoms with van der Waals surface area (Å²) >= 11 is 0. The Morgan fingerprint density at radius 3 is 2.46 bits per heavy atom. The maximum atomic E-state index is 13.0. The minimum atomic E-state index is -0.482. The second-order valence-electron chi connectivity index (χ2n) is 7.93. The number of ether oxygens (including phenoxy) is 1. The lowest BCUT2D eigenvalue weighted by molar-refractivity contribution is -0.000644. The second-order valence-corrected chi connectivity index (χ2v) is 7.93. The van der Waals surface area contributed by atoms with Crippen LogP contribution in [0, 0.1) is 0 Å². The Kier molecular flexibility index (Phi) is 4.35. The van der Waals surface area contributed by atoms with Crippen LogP contribution >= 0.6 is 0 Å². The first-order valence-electron chi connectivity index (χ1n) is 9.53. The largest absolute Gasteiger partial charge is 0.459 e. The van der Waals surface area contributed by atoms with Crippen molar-refractivity contribution in [1.29, 1.82) is 0 Å². The van der Waals surface area contributed by atoms with Crippen molar-refractivity contribution in [2.45, 2.75) is 63.8 Å². The molecule has 2 saturated heterocycles. The zero-order valence-electron chi connectivity index (χ0n) is 15.6. The van der Waals surface area contributed by atoms with Gasteiger partial charge in [0, 0.05) is 31.0 Å². The highest BCUT2D eigenvalue weighted by molar-refractivity contribution is 5.94. The first-order valence-corrected chi connectivity index (χ1v) is 9.53. The number of carbonyl (C=O) groups is 1. The summed E-state index contributed by atoms with van der Waals surface area (Å²) in [6.07, 6.45) is 3.99. The van der Waals surface area contributed by atoms with Crippen LogP contribution in [-0.2, 0) is 4.74 Å². The van der Waals surface area contributed by atoms with Crippen LogP contribution in [0.2, 0.25) is 0 Å². The highest BCUT2D eigenvalue weighted by Gasteiger charge is 2.40. The number of fused-ring (bicyclic) bond motifs is 3. The predicted octanol–water partition coefficient (Wildman–Crippen LogP) is 3.36. The first kappa shape index (κ1) is 17.3. The van der Waals surface area contributed by atoms with Crippen LogP contribution in [-0.4, -0.2) is 40.7 Å². The van der Waals surface area contributed by atoms with E-state index < -0.39 is 5.97 Å². The molecule has 138 valence electrons. The lowest BCUT2D eigenvalue weighted by atomic mass is 10.0. The van der Waals surface area contributed by atoms with E-state index in [0.29, 0.717) is 12.1 Å². The Balaban J connectivity index is 1.65. The molecule has 26 heavy (non-hydrogen) atoms. The molecule has 1 aromatic carbocycles. The lowest BCUT2D eigenvalue weighted by Gasteiger charge is -2.35. The fourth-order valence-electron chi connectivity index (χ4n) is 4.62. The molecule has 5 nitrogen and oxygen atoms in total. The van der Waals surface area contributed by atoms with E-state index in [1.54, 1.807) is 10.6 Å². The molecule has 3 heterocycles. The fraction of sp³-hybridized carbons (Fsp3) is 0.524. The first-order chi connectivity index (χ1) is 12.5. The van der Waals surface area contributed by atoms with Crippen LogP contribution < -0.4 is 5.56 Å². The number of pyridine rings is 1. The minimum absolute atomic E-state index is 0.0284. The highest BCUT2D eigenvalue weighted by Crippen LogP contribution is 2.35. The molecule has 1 aromatic heterocycles. The number of hydrogen-bond donors (Lipinski definition) is 0. The third kappa shape index (κ3) is 2.84. The quantitative estimate of drug-likeness (QED) is 0.793. The highest BCUT2D eigenvalue weighted by atomic mass is 16.5. The number of aromatic nitrogens is 1. The second kappa shape index (κ2) is 6.54. The summed E-state index contributed by atoms with van der Waals surface area (Å²) in [5.41, 5.74) is 0.727. The Morgan fingerprint density at radius 1 is 1.15 bits per heavy atom. The van der Waals surface area contributed by atoms with Gasteiger partial charge >= 0.3 is 5.97 Å². The number of benzene rings is 1. The van der Waals surface area contributed by atoms with Gasteiger partial charge in [0.25, 0.3) is 5.56 Å². The number of para-hydroxylation sites is 1. The molecular formula is C21H26N2O3. The predicted molar refractivity (Wildman–Crippen MR) is 102 cm³/mol. The molecule has 0 radical (unpaired) electrons. The number of rotatable bonds is 3. The Morgan fingerprint density at radius 2 is 1.81 bits per heavy atom. The monoisotopic (exact) mass is 354 g/mol. The molecule has 2 aromatic rings. The van der Waals surface area contributed by atoms with Crippen LogP contribution in [0.4, 0.5) is 0 Å². The van der Waals surface area contributed by atoms with Crippen LogP contribution in [0.25, 0.3) is 10.9 Å². The topological polar surface area (TPSA) is 51.5 Å². The maximum absolute atomic E-state index is 13.0. The average molecular weight is 354 g/mol. The zero-order valence-corrected chi connectivity index (χ0v) is 15.6. The number of piperidine rings is 1. The Labute approximate surface area is 153 Å². The van der Waals surface area contributed by atoms with E-state index in [9.17, 15) is 9.59 Å². The van der Waals surface area contributed by atoms with Gasteiger partial charge in [-0.1, -0.05) is 18.2 Å². The number of nitrogens with zero attached hydrogens (tertiary/aromatic N) is 2. The molecule has 0 saturated carbocycles. The third-order valence-corrected chi connectivity index (χ3v) is 6.01. The van der Waals surface area contributed by atoms with E-state index in [0.717, 1.165) is 23.7 Å². The maximum Gasteiger partial charge on any atom is 0.344 e. The minimum Gasteiger partial charge on any atom is -0.459 e. The molecule has 2 aliphatic rings. The van der Waals surface area contributed by atoms with Crippen molar-refractivity contribution in [3.63, 3.8) is 0 Å². The van der Waals surface area contributed by atoms with Crippen molar-refractivity contribution in [2.24, 2.45) is 0 Å². The van der Waals surface area contributed by atoms with Crippen LogP contribution in [0.1, 0.15) is 55.9 Å². The summed E-state index contributed by atoms with van der Waals surface area (Å²) in [5.74, 6) is -0.482. The number of hydrogen-bond acceptors (Lipinski definition) is 4. The summed E-state index contributed by atoms with van der Waals surface area (Å²) in [6.45, 7) is 3.91. The van der Waals surface area contributed by atoms with Crippen LogP contribution in [0.5, 0.6) is 0 Å². The molecule has 3 atom stereocenters. The van der Waals surface area contributed by atoms with Gasteiger partial charge in [0.2, 0.25) is 0 Å². The van der Waals surface area contributed by atoms with Crippen molar-refractivity contribution >= 4 is 16.9 Å². The summed E-state index contributed by atoms with van der Waals surface area (Å²) in [7, 11) is 2.16. The summed E-state index contributed by atoms with van der Waals surface area (Å²) in [6, 6.07) is 10.3. The Hall–Kier alpha value is -2.14.